The van der Waals surface area contributed by atoms with Crippen LogP contribution in [0.25, 0.3) is 0 Å². The van der Waals surface area contributed by atoms with Crippen molar-refractivity contribution in [1.82, 2.24) is 5.32 Å². The predicted molar refractivity (Wildman–Crippen MR) is 66.4 cm³/mol. The number of nitro benzene ring substituents is 1. The lowest BCUT2D eigenvalue weighted by Crippen LogP contribution is -2.39. The first-order valence-electron chi connectivity index (χ1n) is 5.78. The van der Waals surface area contributed by atoms with E-state index < -0.39 is 28.4 Å². The minimum Gasteiger partial charge on any atom is -0.464 e. The SMILES string of the molecule is CCOC(=O)C(Cc1ccc(F)c([N+](=O)[O-])c1)NC=O. The number of nitrogens with one attached hydrogen (secondary N) is 1. The summed E-state index contributed by atoms with van der Waals surface area (Å²) in [7, 11) is 0. The first kappa shape index (κ1) is 15.5. The van der Waals surface area contributed by atoms with Gasteiger partial charge in [-0.1, -0.05) is 6.07 Å². The number of esters is 1. The van der Waals surface area contributed by atoms with Crippen LogP contribution in [0.1, 0.15) is 12.5 Å². The minimum absolute atomic E-state index is 0.0291. The van der Waals surface area contributed by atoms with Gasteiger partial charge in [0, 0.05) is 12.5 Å². The molecular formula is C12H13FN2O5. The molecule has 1 atom stereocenters. The molecule has 0 spiro atoms. The number of hydrogen-bond donors (Lipinski definition) is 1. The van der Waals surface area contributed by atoms with Gasteiger partial charge in [-0.05, 0) is 18.6 Å². The normalized spacial score (nSPS) is 11.5. The molecule has 0 bridgehead atoms. The van der Waals surface area contributed by atoms with Gasteiger partial charge < -0.3 is 10.1 Å². The largest absolute Gasteiger partial charge is 0.464 e. The number of ether oxygens (including phenoxy) is 1. The van der Waals surface area contributed by atoms with Crippen molar-refractivity contribution in [3.8, 4) is 0 Å². The highest BCUT2D eigenvalue weighted by molar-refractivity contribution is 5.78. The predicted octanol–water partition coefficient (Wildman–Crippen LogP) is 0.954. The lowest BCUT2D eigenvalue weighted by atomic mass is 10.1. The summed E-state index contributed by atoms with van der Waals surface area (Å²) in [6, 6.07) is 2.29. The Kier molecular flexibility index (Phi) is 5.57. The average molecular weight is 284 g/mol. The molecule has 1 aromatic rings. The summed E-state index contributed by atoms with van der Waals surface area (Å²) in [5, 5.41) is 12.9. The zero-order chi connectivity index (χ0) is 15.1. The topological polar surface area (TPSA) is 98.5 Å². The standard InChI is InChI=1S/C12H13FN2O5/c1-2-20-12(17)10(14-7-16)5-8-3-4-9(13)11(6-8)15(18)19/h3-4,6-7,10H,2,5H2,1H3,(H,14,16). The number of benzene rings is 1. The van der Waals surface area contributed by atoms with Crippen LogP contribution in [0.4, 0.5) is 10.1 Å². The van der Waals surface area contributed by atoms with E-state index in [2.05, 4.69) is 5.32 Å². The Morgan fingerprint density at radius 3 is 2.85 bits per heavy atom. The van der Waals surface area contributed by atoms with Gasteiger partial charge in [0.2, 0.25) is 12.2 Å². The second-order valence-electron chi connectivity index (χ2n) is 3.84. The molecule has 0 fully saturated rings. The van der Waals surface area contributed by atoms with Gasteiger partial charge in [-0.15, -0.1) is 0 Å². The monoisotopic (exact) mass is 284 g/mol. The van der Waals surface area contributed by atoms with Crippen LogP contribution >= 0.6 is 0 Å². The highest BCUT2D eigenvalue weighted by Crippen LogP contribution is 2.19. The van der Waals surface area contributed by atoms with Crippen LogP contribution in [-0.2, 0) is 20.7 Å². The fraction of sp³-hybridized carbons (Fsp3) is 0.333. The van der Waals surface area contributed by atoms with Gasteiger partial charge in [-0.3, -0.25) is 14.9 Å². The third-order valence-electron chi connectivity index (χ3n) is 2.49. The Labute approximate surface area is 113 Å². The zero-order valence-corrected chi connectivity index (χ0v) is 10.7. The Hall–Kier alpha value is -2.51. The zero-order valence-electron chi connectivity index (χ0n) is 10.7. The first-order valence-corrected chi connectivity index (χ1v) is 5.78. The molecule has 0 aliphatic rings. The molecule has 1 aromatic carbocycles. The van der Waals surface area contributed by atoms with Crippen LogP contribution in [0.5, 0.6) is 0 Å². The van der Waals surface area contributed by atoms with E-state index in [1.165, 1.54) is 6.07 Å². The Bertz CT molecular complexity index is 521. The van der Waals surface area contributed by atoms with Crippen LogP contribution in [0.15, 0.2) is 18.2 Å². The van der Waals surface area contributed by atoms with Crippen LogP contribution < -0.4 is 5.32 Å². The van der Waals surface area contributed by atoms with Crippen molar-refractivity contribution >= 4 is 18.1 Å². The second-order valence-corrected chi connectivity index (χ2v) is 3.84. The van der Waals surface area contributed by atoms with E-state index in [1.54, 1.807) is 6.92 Å². The van der Waals surface area contributed by atoms with E-state index in [0.717, 1.165) is 12.1 Å². The fourth-order valence-electron chi connectivity index (χ4n) is 1.60. The van der Waals surface area contributed by atoms with Gasteiger partial charge >= 0.3 is 11.7 Å². The van der Waals surface area contributed by atoms with Gasteiger partial charge in [-0.2, -0.15) is 4.39 Å². The third kappa shape index (κ3) is 4.01. The van der Waals surface area contributed by atoms with Crippen LogP contribution in [-0.4, -0.2) is 30.0 Å². The molecule has 1 rings (SSSR count). The molecule has 8 heteroatoms. The van der Waals surface area contributed by atoms with Gasteiger partial charge in [0.1, 0.15) is 6.04 Å². The van der Waals surface area contributed by atoms with Crippen LogP contribution in [0, 0.1) is 15.9 Å². The molecule has 108 valence electrons. The summed E-state index contributed by atoms with van der Waals surface area (Å²) in [5.41, 5.74) is -0.346. The Morgan fingerprint density at radius 2 is 2.30 bits per heavy atom. The molecule has 0 radical (unpaired) electrons. The molecule has 0 saturated heterocycles. The van der Waals surface area contributed by atoms with Crippen LogP contribution in [0.2, 0.25) is 0 Å². The second kappa shape index (κ2) is 7.17. The number of amides is 1. The summed E-state index contributed by atoms with van der Waals surface area (Å²) in [6.07, 6.45) is 0.304. The molecule has 0 aliphatic heterocycles. The van der Waals surface area contributed by atoms with Crippen molar-refractivity contribution in [3.05, 3.63) is 39.7 Å². The fourth-order valence-corrected chi connectivity index (χ4v) is 1.60. The molecule has 0 heterocycles. The lowest BCUT2D eigenvalue weighted by molar-refractivity contribution is -0.387. The summed E-state index contributed by atoms with van der Waals surface area (Å²) in [5.74, 6) is -1.62. The maximum atomic E-state index is 13.2. The van der Waals surface area contributed by atoms with E-state index in [4.69, 9.17) is 4.74 Å². The highest BCUT2D eigenvalue weighted by atomic mass is 19.1. The molecule has 0 aliphatic carbocycles. The van der Waals surface area contributed by atoms with Crippen LogP contribution in [0.3, 0.4) is 0 Å². The van der Waals surface area contributed by atoms with Crippen molar-refractivity contribution in [1.29, 1.82) is 0 Å². The maximum absolute atomic E-state index is 13.2. The number of nitrogens with zero attached hydrogens (tertiary/aromatic N) is 1. The molecule has 1 unspecified atom stereocenters. The number of halogens is 1. The molecule has 1 N–H and O–H groups in total. The van der Waals surface area contributed by atoms with E-state index in [0.29, 0.717) is 12.0 Å². The van der Waals surface area contributed by atoms with Crippen molar-refractivity contribution < 1.29 is 23.6 Å². The molecular weight excluding hydrogens is 271 g/mol. The van der Waals surface area contributed by atoms with Crippen molar-refractivity contribution in [2.75, 3.05) is 6.61 Å². The lowest BCUT2D eigenvalue weighted by Gasteiger charge is -2.14. The molecule has 0 saturated carbocycles. The first-order chi connectivity index (χ1) is 9.49. The van der Waals surface area contributed by atoms with Gasteiger partial charge in [0.25, 0.3) is 0 Å². The van der Waals surface area contributed by atoms with Crippen molar-refractivity contribution in [3.63, 3.8) is 0 Å². The quantitative estimate of drug-likeness (QED) is 0.348. The Morgan fingerprint density at radius 1 is 1.60 bits per heavy atom. The summed E-state index contributed by atoms with van der Waals surface area (Å²) < 4.78 is 17.9. The number of carbonyl (C=O) groups is 2. The summed E-state index contributed by atoms with van der Waals surface area (Å²) in [4.78, 5) is 31.8. The van der Waals surface area contributed by atoms with Gasteiger partial charge in [-0.25, -0.2) is 4.79 Å². The smallest absolute Gasteiger partial charge is 0.328 e. The molecule has 7 nitrogen and oxygen atoms in total. The number of nitro groups is 1. The number of hydrogen-bond acceptors (Lipinski definition) is 5. The Balaban J connectivity index is 2.93. The summed E-state index contributed by atoms with van der Waals surface area (Å²) in [6.45, 7) is 1.75. The van der Waals surface area contributed by atoms with Crippen molar-refractivity contribution in [2.24, 2.45) is 0 Å². The average Bonchev–Trinajstić information content (AvgIpc) is 2.40. The van der Waals surface area contributed by atoms with Gasteiger partial charge in [0.05, 0.1) is 11.5 Å². The molecule has 20 heavy (non-hydrogen) atoms. The molecule has 1 amide bonds. The third-order valence-corrected chi connectivity index (χ3v) is 2.49. The highest BCUT2D eigenvalue weighted by Gasteiger charge is 2.21. The van der Waals surface area contributed by atoms with E-state index in [1.807, 2.05) is 0 Å². The number of carbonyl (C=O) groups excluding carboxylic acids is 2. The van der Waals surface area contributed by atoms with E-state index in [9.17, 15) is 24.1 Å². The number of rotatable bonds is 7. The van der Waals surface area contributed by atoms with E-state index >= 15 is 0 Å². The minimum atomic E-state index is -0.975. The summed E-state index contributed by atoms with van der Waals surface area (Å²) >= 11 is 0. The maximum Gasteiger partial charge on any atom is 0.328 e. The van der Waals surface area contributed by atoms with Gasteiger partial charge in [0.15, 0.2) is 0 Å². The molecule has 0 aromatic heterocycles. The van der Waals surface area contributed by atoms with Crippen molar-refractivity contribution in [2.45, 2.75) is 19.4 Å². The van der Waals surface area contributed by atoms with E-state index in [-0.39, 0.29) is 13.0 Å².